The number of carbonyl (C=O) groups excluding carboxylic acids is 2. The van der Waals surface area contributed by atoms with E-state index in [4.69, 9.17) is 23.2 Å². The second kappa shape index (κ2) is 11.2. The van der Waals surface area contributed by atoms with Gasteiger partial charge in [0, 0.05) is 16.2 Å². The Morgan fingerprint density at radius 1 is 0.848 bits per heavy atom. The first-order valence-electron chi connectivity index (χ1n) is 10.7. The molecule has 0 spiro atoms. The van der Waals surface area contributed by atoms with E-state index in [9.17, 15) is 9.59 Å². The number of nitrogens with one attached hydrogen (secondary N) is 1. The van der Waals surface area contributed by atoms with Crippen LogP contribution < -0.4 is 5.32 Å². The lowest BCUT2D eigenvalue weighted by atomic mass is 9.91. The van der Waals surface area contributed by atoms with E-state index in [1.165, 1.54) is 0 Å². The summed E-state index contributed by atoms with van der Waals surface area (Å²) in [6.45, 7) is 5.57. The van der Waals surface area contributed by atoms with E-state index in [0.29, 0.717) is 33.5 Å². The highest BCUT2D eigenvalue weighted by Gasteiger charge is 2.26. The Hall–Kier alpha value is -2.27. The molecule has 33 heavy (non-hydrogen) atoms. The van der Waals surface area contributed by atoms with Crippen molar-refractivity contribution < 1.29 is 9.59 Å². The van der Waals surface area contributed by atoms with Crippen LogP contribution in [0.25, 0.3) is 0 Å². The summed E-state index contributed by atoms with van der Waals surface area (Å²) in [7, 11) is 0. The Morgan fingerprint density at radius 3 is 1.82 bits per heavy atom. The van der Waals surface area contributed by atoms with Crippen LogP contribution in [0, 0.1) is 11.3 Å². The first-order valence-corrected chi connectivity index (χ1v) is 12.3. The van der Waals surface area contributed by atoms with Crippen molar-refractivity contribution in [2.45, 2.75) is 38.5 Å². The second-order valence-corrected chi connectivity index (χ2v) is 10.8. The molecule has 0 atom stereocenters. The van der Waals surface area contributed by atoms with Crippen LogP contribution in [0.3, 0.4) is 0 Å². The van der Waals surface area contributed by atoms with Crippen molar-refractivity contribution in [1.82, 2.24) is 0 Å². The molecule has 0 fully saturated rings. The van der Waals surface area contributed by atoms with Gasteiger partial charge >= 0.3 is 0 Å². The molecule has 6 heteroatoms. The van der Waals surface area contributed by atoms with Gasteiger partial charge in [-0.25, -0.2) is 0 Å². The van der Waals surface area contributed by atoms with Crippen LogP contribution in [0.1, 0.15) is 31.9 Å². The molecule has 0 aromatic heterocycles. The van der Waals surface area contributed by atoms with E-state index >= 15 is 0 Å². The number of anilines is 1. The lowest BCUT2D eigenvalue weighted by Crippen LogP contribution is -2.27. The summed E-state index contributed by atoms with van der Waals surface area (Å²) >= 11 is 13.6. The maximum absolute atomic E-state index is 13.5. The molecule has 1 N–H and O–H groups in total. The monoisotopic (exact) mass is 499 g/mol. The largest absolute Gasteiger partial charge is 0.325 e. The van der Waals surface area contributed by atoms with Crippen molar-refractivity contribution >= 4 is 51.7 Å². The molecule has 0 aliphatic rings. The van der Waals surface area contributed by atoms with Gasteiger partial charge < -0.3 is 5.32 Å². The Kier molecular flexibility index (Phi) is 8.63. The topological polar surface area (TPSA) is 46.2 Å². The molecule has 0 heterocycles. The highest BCUT2D eigenvalue weighted by Crippen LogP contribution is 2.38. The van der Waals surface area contributed by atoms with Gasteiger partial charge in [0.2, 0.25) is 5.91 Å². The molecular weight excluding hydrogens is 473 g/mol. The Labute approximate surface area is 209 Å². The highest BCUT2D eigenvalue weighted by molar-refractivity contribution is 8.13. The summed E-state index contributed by atoms with van der Waals surface area (Å²) in [5, 5.41) is 3.65. The molecule has 0 unspecified atom stereocenters. The zero-order chi connectivity index (χ0) is 24.0. The number of benzene rings is 3. The molecule has 1 amide bonds. The maximum Gasteiger partial charge on any atom is 0.228 e. The quantitative estimate of drug-likeness (QED) is 0.338. The third kappa shape index (κ3) is 7.36. The molecule has 0 bridgehead atoms. The third-order valence-corrected chi connectivity index (χ3v) is 7.19. The van der Waals surface area contributed by atoms with Gasteiger partial charge in [-0.15, -0.1) is 0 Å². The minimum Gasteiger partial charge on any atom is -0.325 e. The minimum atomic E-state index is -0.540. The average Bonchev–Trinajstić information content (AvgIpc) is 2.77. The lowest BCUT2D eigenvalue weighted by Gasteiger charge is -2.20. The first-order chi connectivity index (χ1) is 15.6. The van der Waals surface area contributed by atoms with Crippen LogP contribution in [0.4, 0.5) is 5.69 Å². The molecule has 0 radical (unpaired) electrons. The number of thioether (sulfide) groups is 1. The molecular formula is C27H27Cl2NO2S. The zero-order valence-electron chi connectivity index (χ0n) is 18.9. The van der Waals surface area contributed by atoms with Gasteiger partial charge in [0.15, 0.2) is 5.12 Å². The van der Waals surface area contributed by atoms with E-state index in [0.717, 1.165) is 22.9 Å². The predicted molar refractivity (Wildman–Crippen MR) is 139 cm³/mol. The number of amides is 1. The summed E-state index contributed by atoms with van der Waals surface area (Å²) in [5.41, 5.74) is 2.12. The standard InChI is InChI=1S/C27H27Cl2NO2S/c1-27(2,3)26(32)33-24-17-22(29)21(28)16-23(24)30-25(31)20(14-18-10-6-4-7-11-18)15-19-12-8-5-9-13-19/h4-13,16-17,20H,14-15H2,1-3H3,(H,30,31). The van der Waals surface area contributed by atoms with E-state index < -0.39 is 5.41 Å². The van der Waals surface area contributed by atoms with Gasteiger partial charge in [0.05, 0.1) is 15.7 Å². The van der Waals surface area contributed by atoms with Crippen LogP contribution in [-0.4, -0.2) is 11.0 Å². The number of halogens is 2. The normalized spacial score (nSPS) is 11.5. The summed E-state index contributed by atoms with van der Waals surface area (Å²) in [5.74, 6) is -0.438. The van der Waals surface area contributed by atoms with E-state index in [1.807, 2.05) is 81.4 Å². The van der Waals surface area contributed by atoms with Gasteiger partial charge in [-0.05, 0) is 47.9 Å². The molecule has 0 saturated heterocycles. The minimum absolute atomic E-state index is 0.0264. The van der Waals surface area contributed by atoms with Crippen molar-refractivity contribution in [1.29, 1.82) is 0 Å². The van der Waals surface area contributed by atoms with Gasteiger partial charge in [-0.3, -0.25) is 9.59 Å². The van der Waals surface area contributed by atoms with Crippen LogP contribution in [0.5, 0.6) is 0 Å². The summed E-state index contributed by atoms with van der Waals surface area (Å²) in [4.78, 5) is 26.7. The Bertz CT molecular complexity index is 1070. The lowest BCUT2D eigenvalue weighted by molar-refractivity contribution is -0.120. The summed E-state index contributed by atoms with van der Waals surface area (Å²) in [6.07, 6.45) is 1.18. The summed E-state index contributed by atoms with van der Waals surface area (Å²) in [6, 6.07) is 23.1. The van der Waals surface area contributed by atoms with Gasteiger partial charge in [-0.1, -0.05) is 105 Å². The number of carbonyl (C=O) groups is 2. The van der Waals surface area contributed by atoms with Crippen molar-refractivity contribution in [2.75, 3.05) is 5.32 Å². The maximum atomic E-state index is 13.5. The number of rotatable bonds is 7. The molecule has 3 nitrogen and oxygen atoms in total. The molecule has 3 aromatic carbocycles. The molecule has 3 aromatic rings. The van der Waals surface area contributed by atoms with Crippen LogP contribution in [0.15, 0.2) is 77.7 Å². The second-order valence-electron chi connectivity index (χ2n) is 8.97. The fourth-order valence-corrected chi connectivity index (χ4v) is 4.55. The van der Waals surface area contributed by atoms with E-state index in [-0.39, 0.29) is 16.9 Å². The number of hydrogen-bond acceptors (Lipinski definition) is 3. The molecule has 0 aliphatic carbocycles. The predicted octanol–water partition coefficient (Wildman–Crippen LogP) is 7.70. The smallest absolute Gasteiger partial charge is 0.228 e. The average molecular weight is 500 g/mol. The van der Waals surface area contributed by atoms with Crippen LogP contribution in [-0.2, 0) is 22.4 Å². The molecule has 3 rings (SSSR count). The van der Waals surface area contributed by atoms with Crippen molar-refractivity contribution in [2.24, 2.45) is 11.3 Å². The molecule has 172 valence electrons. The zero-order valence-corrected chi connectivity index (χ0v) is 21.2. The third-order valence-electron chi connectivity index (χ3n) is 5.12. The Morgan fingerprint density at radius 2 is 1.33 bits per heavy atom. The fourth-order valence-electron chi connectivity index (χ4n) is 3.25. The van der Waals surface area contributed by atoms with Crippen LogP contribution >= 0.6 is 35.0 Å². The molecule has 0 aliphatic heterocycles. The van der Waals surface area contributed by atoms with Crippen molar-refractivity contribution in [3.05, 3.63) is 94.0 Å². The van der Waals surface area contributed by atoms with Crippen LogP contribution in [0.2, 0.25) is 10.0 Å². The molecule has 0 saturated carbocycles. The number of hydrogen-bond donors (Lipinski definition) is 1. The highest BCUT2D eigenvalue weighted by atomic mass is 35.5. The SMILES string of the molecule is CC(C)(C)C(=O)Sc1cc(Cl)c(Cl)cc1NC(=O)C(Cc1ccccc1)Cc1ccccc1. The summed E-state index contributed by atoms with van der Waals surface area (Å²) < 4.78 is 0. The van der Waals surface area contributed by atoms with Gasteiger partial charge in [-0.2, -0.15) is 0 Å². The van der Waals surface area contributed by atoms with Crippen molar-refractivity contribution in [3.8, 4) is 0 Å². The van der Waals surface area contributed by atoms with E-state index in [2.05, 4.69) is 5.32 Å². The van der Waals surface area contributed by atoms with Crippen molar-refractivity contribution in [3.63, 3.8) is 0 Å². The Balaban J connectivity index is 1.89. The first kappa shape index (κ1) is 25.4. The fraction of sp³-hybridized carbons (Fsp3) is 0.259. The van der Waals surface area contributed by atoms with E-state index in [1.54, 1.807) is 12.1 Å². The van der Waals surface area contributed by atoms with Gasteiger partial charge in [0.25, 0.3) is 0 Å². The van der Waals surface area contributed by atoms with Gasteiger partial charge in [0.1, 0.15) is 0 Å².